The second-order valence-corrected chi connectivity index (χ2v) is 4.59. The van der Waals surface area contributed by atoms with Gasteiger partial charge in [-0.1, -0.05) is 12.1 Å². The number of imide groups is 1. The van der Waals surface area contributed by atoms with Crippen molar-refractivity contribution >= 4 is 35.3 Å². The smallest absolute Gasteiger partial charge is 0.268 e. The highest BCUT2D eigenvalue weighted by atomic mass is 35.5. The minimum absolute atomic E-state index is 0.0860. The molecule has 0 unspecified atom stereocenters. The van der Waals surface area contributed by atoms with Gasteiger partial charge >= 0.3 is 0 Å². The quantitative estimate of drug-likeness (QED) is 0.869. The molecule has 0 spiro atoms. The minimum Gasteiger partial charge on any atom is -0.354 e. The van der Waals surface area contributed by atoms with Crippen molar-refractivity contribution in [1.82, 2.24) is 15.0 Å². The van der Waals surface area contributed by atoms with Crippen molar-refractivity contribution in [3.63, 3.8) is 0 Å². The first-order valence-electron chi connectivity index (χ1n) is 6.25. The number of carbonyl (C=O) groups excluding carboxylic acids is 2. The number of hydrogen-bond acceptors (Lipinski definition) is 6. The van der Waals surface area contributed by atoms with E-state index in [0.29, 0.717) is 17.7 Å². The van der Waals surface area contributed by atoms with Crippen molar-refractivity contribution in [2.24, 2.45) is 0 Å². The second kappa shape index (κ2) is 5.10. The van der Waals surface area contributed by atoms with E-state index in [-0.39, 0.29) is 17.2 Å². The van der Waals surface area contributed by atoms with Crippen LogP contribution in [0.5, 0.6) is 0 Å². The van der Waals surface area contributed by atoms with Gasteiger partial charge in [-0.25, -0.2) is 4.90 Å². The molecule has 1 aromatic carbocycles. The molecule has 0 radical (unpaired) electrons. The average Bonchev–Trinajstić information content (AvgIpc) is 2.71. The Bertz CT molecular complexity index is 714. The van der Waals surface area contributed by atoms with Gasteiger partial charge in [0.25, 0.3) is 11.8 Å². The van der Waals surface area contributed by atoms with Gasteiger partial charge in [-0.2, -0.15) is 15.0 Å². The maximum atomic E-state index is 12.3. The average molecular weight is 304 g/mol. The number of hydrogen-bond donors (Lipinski definition) is 1. The van der Waals surface area contributed by atoms with Crippen LogP contribution in [0.3, 0.4) is 0 Å². The van der Waals surface area contributed by atoms with Crippen molar-refractivity contribution in [3.8, 4) is 0 Å². The number of aromatic nitrogens is 3. The Balaban J connectivity index is 2.06. The van der Waals surface area contributed by atoms with Crippen LogP contribution in [0.15, 0.2) is 24.3 Å². The zero-order chi connectivity index (χ0) is 15.0. The third-order valence-electron chi connectivity index (χ3n) is 2.93. The van der Waals surface area contributed by atoms with Gasteiger partial charge in [0.1, 0.15) is 0 Å². The summed E-state index contributed by atoms with van der Waals surface area (Å²) in [7, 11) is 0. The lowest BCUT2D eigenvalue weighted by molar-refractivity contribution is 0.0924. The first-order chi connectivity index (χ1) is 10.1. The number of rotatable bonds is 3. The van der Waals surface area contributed by atoms with Crippen LogP contribution >= 0.6 is 11.6 Å². The maximum Gasteiger partial charge on any atom is 0.268 e. The summed E-state index contributed by atoms with van der Waals surface area (Å²) >= 11 is 5.82. The molecule has 1 N–H and O–H groups in total. The van der Waals surface area contributed by atoms with Crippen molar-refractivity contribution in [2.75, 3.05) is 16.8 Å². The fourth-order valence-electron chi connectivity index (χ4n) is 2.05. The summed E-state index contributed by atoms with van der Waals surface area (Å²) < 4.78 is 0. The third kappa shape index (κ3) is 2.21. The summed E-state index contributed by atoms with van der Waals surface area (Å²) in [5, 5.41) is 2.78. The van der Waals surface area contributed by atoms with Gasteiger partial charge in [0.15, 0.2) is 0 Å². The van der Waals surface area contributed by atoms with Gasteiger partial charge in [0.05, 0.1) is 11.1 Å². The van der Waals surface area contributed by atoms with Crippen LogP contribution in [0.4, 0.5) is 11.9 Å². The molecule has 0 fully saturated rings. The predicted octanol–water partition coefficient (Wildman–Crippen LogP) is 1.76. The van der Waals surface area contributed by atoms with E-state index in [4.69, 9.17) is 11.6 Å². The van der Waals surface area contributed by atoms with Gasteiger partial charge in [-0.3, -0.25) is 9.59 Å². The number of fused-ring (bicyclic) bond motifs is 1. The van der Waals surface area contributed by atoms with E-state index in [1.165, 1.54) is 0 Å². The Morgan fingerprint density at radius 1 is 1.10 bits per heavy atom. The van der Waals surface area contributed by atoms with Crippen LogP contribution in [0, 0.1) is 0 Å². The number of benzene rings is 1. The summed E-state index contributed by atoms with van der Waals surface area (Å²) in [6, 6.07) is 6.56. The molecule has 1 aliphatic heterocycles. The van der Waals surface area contributed by atoms with Gasteiger partial charge in [-0.05, 0) is 30.7 Å². The van der Waals surface area contributed by atoms with Crippen molar-refractivity contribution < 1.29 is 9.59 Å². The van der Waals surface area contributed by atoms with Crippen LogP contribution in [0.1, 0.15) is 27.6 Å². The van der Waals surface area contributed by atoms with E-state index in [0.717, 1.165) is 4.90 Å². The molecule has 1 aliphatic rings. The summed E-state index contributed by atoms with van der Waals surface area (Å²) in [6.45, 7) is 2.43. The summed E-state index contributed by atoms with van der Waals surface area (Å²) in [6.07, 6.45) is 0. The molecule has 0 saturated heterocycles. The van der Waals surface area contributed by atoms with Gasteiger partial charge in [0.2, 0.25) is 17.2 Å². The molecule has 21 heavy (non-hydrogen) atoms. The monoisotopic (exact) mass is 303 g/mol. The number of nitrogens with one attached hydrogen (secondary N) is 1. The third-order valence-corrected chi connectivity index (χ3v) is 3.09. The lowest BCUT2D eigenvalue weighted by Gasteiger charge is -2.12. The topological polar surface area (TPSA) is 88.1 Å². The second-order valence-electron chi connectivity index (χ2n) is 4.25. The Morgan fingerprint density at radius 3 is 2.29 bits per heavy atom. The zero-order valence-electron chi connectivity index (χ0n) is 11.0. The van der Waals surface area contributed by atoms with Gasteiger partial charge < -0.3 is 5.32 Å². The van der Waals surface area contributed by atoms with Gasteiger partial charge in [0, 0.05) is 6.54 Å². The van der Waals surface area contributed by atoms with Crippen LogP contribution in [0.2, 0.25) is 5.28 Å². The molecular formula is C13H10ClN5O2. The van der Waals surface area contributed by atoms with E-state index in [9.17, 15) is 9.59 Å². The van der Waals surface area contributed by atoms with E-state index >= 15 is 0 Å². The first-order valence-corrected chi connectivity index (χ1v) is 6.63. The lowest BCUT2D eigenvalue weighted by atomic mass is 10.1. The molecule has 3 rings (SSSR count). The largest absolute Gasteiger partial charge is 0.354 e. The predicted molar refractivity (Wildman–Crippen MR) is 76.6 cm³/mol. The highest BCUT2D eigenvalue weighted by Gasteiger charge is 2.38. The Kier molecular flexibility index (Phi) is 3.26. The molecule has 0 aliphatic carbocycles. The highest BCUT2D eigenvalue weighted by molar-refractivity contribution is 6.34. The summed E-state index contributed by atoms with van der Waals surface area (Å²) in [5.74, 6) is -0.818. The van der Waals surface area contributed by atoms with Gasteiger partial charge in [-0.15, -0.1) is 0 Å². The van der Waals surface area contributed by atoms with E-state index < -0.39 is 11.8 Å². The number of amides is 2. The number of carbonyl (C=O) groups is 2. The molecule has 0 atom stereocenters. The SMILES string of the molecule is CCNc1nc(Cl)nc(N2C(=O)c3ccccc3C2=O)n1. The number of nitrogens with zero attached hydrogens (tertiary/aromatic N) is 4. The molecule has 106 valence electrons. The highest BCUT2D eigenvalue weighted by Crippen LogP contribution is 2.26. The maximum absolute atomic E-state index is 12.3. The van der Waals surface area contributed by atoms with Crippen LogP contribution < -0.4 is 10.2 Å². The normalized spacial score (nSPS) is 13.5. The molecule has 2 aromatic rings. The fourth-order valence-corrected chi connectivity index (χ4v) is 2.20. The molecule has 7 nitrogen and oxygen atoms in total. The van der Waals surface area contributed by atoms with Crippen LogP contribution in [-0.2, 0) is 0 Å². The van der Waals surface area contributed by atoms with Crippen LogP contribution in [0.25, 0.3) is 0 Å². The first kappa shape index (κ1) is 13.4. The molecule has 0 bridgehead atoms. The molecule has 2 heterocycles. The van der Waals surface area contributed by atoms with Crippen LogP contribution in [-0.4, -0.2) is 33.3 Å². The zero-order valence-corrected chi connectivity index (χ0v) is 11.8. The minimum atomic E-state index is -0.472. The lowest BCUT2D eigenvalue weighted by Crippen LogP contribution is -2.31. The molecule has 1 aromatic heterocycles. The summed E-state index contributed by atoms with van der Waals surface area (Å²) in [4.78, 5) is 37.4. The van der Waals surface area contributed by atoms with E-state index in [1.54, 1.807) is 24.3 Å². The Hall–Kier alpha value is -2.54. The van der Waals surface area contributed by atoms with Crippen molar-refractivity contribution in [3.05, 3.63) is 40.7 Å². The number of anilines is 2. The van der Waals surface area contributed by atoms with E-state index in [1.807, 2.05) is 6.92 Å². The van der Waals surface area contributed by atoms with Crippen molar-refractivity contribution in [1.29, 1.82) is 0 Å². The van der Waals surface area contributed by atoms with E-state index in [2.05, 4.69) is 20.3 Å². The molecule has 8 heteroatoms. The van der Waals surface area contributed by atoms with Crippen molar-refractivity contribution in [2.45, 2.75) is 6.92 Å². The standard InChI is InChI=1S/C13H10ClN5O2/c1-2-15-12-16-11(14)17-13(18-12)19-9(20)7-5-3-4-6-8(7)10(19)21/h3-6H,2H2,1H3,(H,15,16,17,18). The molecule has 2 amide bonds. The molecular weight excluding hydrogens is 294 g/mol. The number of halogens is 1. The Labute approximate surface area is 125 Å². The fraction of sp³-hybridized carbons (Fsp3) is 0.154. The Morgan fingerprint density at radius 2 is 1.71 bits per heavy atom. The summed E-state index contributed by atoms with van der Waals surface area (Å²) in [5.41, 5.74) is 0.646. The molecule has 0 saturated carbocycles.